The molecule has 0 aromatic heterocycles. The van der Waals surface area contributed by atoms with Gasteiger partial charge in [-0.2, -0.15) is 0 Å². The van der Waals surface area contributed by atoms with Crippen molar-refractivity contribution in [2.75, 3.05) is 13.2 Å². The topological polar surface area (TPSA) is 44.8 Å². The van der Waals surface area contributed by atoms with E-state index in [0.717, 1.165) is 25.7 Å². The lowest BCUT2D eigenvalue weighted by atomic mass is 10.1. The Morgan fingerprint density at radius 2 is 1.38 bits per heavy atom. The Bertz CT molecular complexity index is 214. The van der Waals surface area contributed by atoms with Crippen LogP contribution in [0.3, 0.4) is 0 Å². The first-order valence-corrected chi connectivity index (χ1v) is 7.66. The molecule has 1 rings (SSSR count). The minimum absolute atomic E-state index is 0.143. The molecule has 0 aliphatic carbocycles. The molecule has 1 aliphatic rings. The molecule has 96 valence electrons. The van der Waals surface area contributed by atoms with Gasteiger partial charge in [-0.25, -0.2) is 4.57 Å². The van der Waals surface area contributed by atoms with Crippen molar-refractivity contribution in [3.63, 3.8) is 0 Å². The summed E-state index contributed by atoms with van der Waals surface area (Å²) < 4.78 is 28.0. The Hall–Kier alpha value is 0.110. The van der Waals surface area contributed by atoms with Crippen molar-refractivity contribution < 1.29 is 18.1 Å². The zero-order valence-electron chi connectivity index (χ0n) is 10.3. The van der Waals surface area contributed by atoms with Crippen LogP contribution in [0.2, 0.25) is 0 Å². The van der Waals surface area contributed by atoms with Gasteiger partial charge in [-0.1, -0.05) is 25.7 Å². The summed E-state index contributed by atoms with van der Waals surface area (Å²) in [7, 11) is -3.31. The van der Waals surface area contributed by atoms with Gasteiger partial charge in [0.25, 0.3) is 0 Å². The fraction of sp³-hybridized carbons (Fsp3) is 1.00. The third-order valence-corrected chi connectivity index (χ3v) is 4.05. The summed E-state index contributed by atoms with van der Waals surface area (Å²) in [5, 5.41) is 0. The molecule has 1 fully saturated rings. The minimum atomic E-state index is -3.31. The van der Waals surface area contributed by atoms with Gasteiger partial charge in [0, 0.05) is 0 Å². The highest BCUT2D eigenvalue weighted by Gasteiger charge is 2.27. The Balaban J connectivity index is 2.47. The predicted octanol–water partition coefficient (Wildman–Crippen LogP) is 3.91. The summed E-state index contributed by atoms with van der Waals surface area (Å²) in [6.45, 7) is 4.59. The molecule has 0 amide bonds. The summed E-state index contributed by atoms with van der Waals surface area (Å²) in [5.74, 6) is 0. The number of hydrogen-bond donors (Lipinski definition) is 0. The predicted molar refractivity (Wildman–Crippen MR) is 63.4 cm³/mol. The first kappa shape index (κ1) is 14.2. The second-order valence-corrected chi connectivity index (χ2v) is 6.01. The summed E-state index contributed by atoms with van der Waals surface area (Å²) in [6, 6.07) is 0. The molecular formula is C11H23O4P. The van der Waals surface area contributed by atoms with Crippen LogP contribution in [0.1, 0.15) is 52.4 Å². The normalized spacial score (nSPS) is 23.9. The maximum absolute atomic E-state index is 12.1. The quantitative estimate of drug-likeness (QED) is 0.697. The van der Waals surface area contributed by atoms with E-state index >= 15 is 0 Å². The third-order valence-electron chi connectivity index (χ3n) is 2.38. The molecule has 4 nitrogen and oxygen atoms in total. The van der Waals surface area contributed by atoms with Gasteiger partial charge in [-0.15, -0.1) is 0 Å². The molecule has 1 saturated heterocycles. The van der Waals surface area contributed by atoms with Crippen molar-refractivity contribution in [1.29, 1.82) is 0 Å². The van der Waals surface area contributed by atoms with E-state index in [1.54, 1.807) is 0 Å². The maximum Gasteiger partial charge on any atom is 0.475 e. The summed E-state index contributed by atoms with van der Waals surface area (Å²) in [6.07, 6.45) is 6.40. The van der Waals surface area contributed by atoms with E-state index in [2.05, 4.69) is 0 Å². The van der Waals surface area contributed by atoms with Crippen LogP contribution in [0.4, 0.5) is 0 Å². The van der Waals surface area contributed by atoms with Gasteiger partial charge in [0.15, 0.2) is 0 Å². The maximum atomic E-state index is 12.1. The first-order chi connectivity index (χ1) is 7.62. The summed E-state index contributed by atoms with van der Waals surface area (Å²) in [5.41, 5.74) is 0. The van der Waals surface area contributed by atoms with Crippen molar-refractivity contribution in [3.8, 4) is 0 Å². The summed E-state index contributed by atoms with van der Waals surface area (Å²) >= 11 is 0. The van der Waals surface area contributed by atoms with E-state index in [9.17, 15) is 4.57 Å². The molecule has 0 bridgehead atoms. The van der Waals surface area contributed by atoms with Gasteiger partial charge in [0.05, 0.1) is 19.3 Å². The van der Waals surface area contributed by atoms with Crippen molar-refractivity contribution in [2.24, 2.45) is 0 Å². The zero-order valence-corrected chi connectivity index (χ0v) is 11.2. The van der Waals surface area contributed by atoms with Crippen LogP contribution < -0.4 is 0 Å². The average Bonchev–Trinajstić information content (AvgIpc) is 2.23. The highest BCUT2D eigenvalue weighted by Crippen LogP contribution is 2.50. The van der Waals surface area contributed by atoms with Gasteiger partial charge in [0.1, 0.15) is 0 Å². The molecule has 1 aliphatic heterocycles. The van der Waals surface area contributed by atoms with Crippen molar-refractivity contribution >= 4 is 7.82 Å². The standard InChI is InChI=1S/C11H23O4P/c1-11(2)15-16(12)13-9-7-5-3-4-6-8-10-14-16/h11H,3-10H2,1-2H3. The molecule has 5 heteroatoms. The molecule has 0 saturated carbocycles. The second-order valence-electron chi connectivity index (χ2n) is 4.39. The molecule has 0 unspecified atom stereocenters. The van der Waals surface area contributed by atoms with Crippen LogP contribution in [0.15, 0.2) is 0 Å². The molecule has 16 heavy (non-hydrogen) atoms. The van der Waals surface area contributed by atoms with Crippen molar-refractivity contribution in [2.45, 2.75) is 58.5 Å². The molecule has 0 aromatic carbocycles. The molecular weight excluding hydrogens is 227 g/mol. The molecule has 0 atom stereocenters. The SMILES string of the molecule is CC(C)OP1(=O)OCCCCCCCCO1. The number of phosphoric ester groups is 1. The number of rotatable bonds is 2. The number of phosphoric acid groups is 1. The van der Waals surface area contributed by atoms with Crippen LogP contribution in [-0.4, -0.2) is 19.3 Å². The highest BCUT2D eigenvalue weighted by molar-refractivity contribution is 7.48. The van der Waals surface area contributed by atoms with Crippen molar-refractivity contribution in [1.82, 2.24) is 0 Å². The smallest absolute Gasteiger partial charge is 0.287 e. The summed E-state index contributed by atoms with van der Waals surface area (Å²) in [4.78, 5) is 0. The van der Waals surface area contributed by atoms with Gasteiger partial charge in [0.2, 0.25) is 0 Å². The largest absolute Gasteiger partial charge is 0.475 e. The Labute approximate surface area is 98.3 Å². The highest BCUT2D eigenvalue weighted by atomic mass is 31.2. The van der Waals surface area contributed by atoms with Gasteiger partial charge >= 0.3 is 7.82 Å². The molecule has 0 aromatic rings. The third kappa shape index (κ3) is 6.00. The average molecular weight is 250 g/mol. The Kier molecular flexibility index (Phi) is 6.59. The van der Waals surface area contributed by atoms with E-state index in [1.807, 2.05) is 13.8 Å². The van der Waals surface area contributed by atoms with Gasteiger partial charge in [-0.3, -0.25) is 13.6 Å². The van der Waals surface area contributed by atoms with E-state index in [1.165, 1.54) is 12.8 Å². The fourth-order valence-electron chi connectivity index (χ4n) is 1.62. The molecule has 0 N–H and O–H groups in total. The molecule has 1 heterocycles. The minimum Gasteiger partial charge on any atom is -0.287 e. The molecule has 0 spiro atoms. The van der Waals surface area contributed by atoms with Crippen LogP contribution in [0, 0.1) is 0 Å². The van der Waals surface area contributed by atoms with Crippen LogP contribution >= 0.6 is 7.82 Å². The van der Waals surface area contributed by atoms with E-state index in [-0.39, 0.29) is 6.10 Å². The van der Waals surface area contributed by atoms with Crippen LogP contribution in [-0.2, 0) is 18.1 Å². The lowest BCUT2D eigenvalue weighted by Gasteiger charge is -2.19. The van der Waals surface area contributed by atoms with Gasteiger partial charge in [-0.05, 0) is 26.7 Å². The zero-order chi connectivity index (χ0) is 11.9. The monoisotopic (exact) mass is 250 g/mol. The van der Waals surface area contributed by atoms with E-state index in [0.29, 0.717) is 13.2 Å². The Morgan fingerprint density at radius 1 is 0.938 bits per heavy atom. The lowest BCUT2D eigenvalue weighted by Crippen LogP contribution is -2.07. The lowest BCUT2D eigenvalue weighted by molar-refractivity contribution is 0.0896. The first-order valence-electron chi connectivity index (χ1n) is 6.20. The molecule has 0 radical (unpaired) electrons. The van der Waals surface area contributed by atoms with Crippen molar-refractivity contribution in [3.05, 3.63) is 0 Å². The van der Waals surface area contributed by atoms with Gasteiger partial charge < -0.3 is 0 Å². The number of hydrogen-bond acceptors (Lipinski definition) is 4. The van der Waals surface area contributed by atoms with Crippen LogP contribution in [0.25, 0.3) is 0 Å². The Morgan fingerprint density at radius 3 is 1.81 bits per heavy atom. The van der Waals surface area contributed by atoms with E-state index < -0.39 is 7.82 Å². The van der Waals surface area contributed by atoms with E-state index in [4.69, 9.17) is 13.6 Å². The van der Waals surface area contributed by atoms with Crippen LogP contribution in [0.5, 0.6) is 0 Å². The fourth-order valence-corrected chi connectivity index (χ4v) is 3.04. The second kappa shape index (κ2) is 7.44.